The van der Waals surface area contributed by atoms with Gasteiger partial charge in [-0.05, 0) is 29.6 Å². The Labute approximate surface area is 186 Å². The smallest absolute Gasteiger partial charge is 0.344 e. The highest BCUT2D eigenvalue weighted by Gasteiger charge is 2.31. The second-order valence-corrected chi connectivity index (χ2v) is 8.52. The molecule has 0 unspecified atom stereocenters. The molecule has 0 radical (unpaired) electrons. The van der Waals surface area contributed by atoms with Gasteiger partial charge in [-0.1, -0.05) is 12.1 Å². The molecule has 0 fully saturated rings. The number of carbonyl (C=O) groups excluding carboxylic acids is 1. The second-order valence-electron chi connectivity index (χ2n) is 6.70. The lowest BCUT2D eigenvalue weighted by Gasteiger charge is -2.09. The minimum absolute atomic E-state index is 0.146. The van der Waals surface area contributed by atoms with E-state index in [0.717, 1.165) is 17.1 Å². The zero-order chi connectivity index (χ0) is 22.3. The van der Waals surface area contributed by atoms with Crippen LogP contribution in [-0.2, 0) is 12.7 Å². The van der Waals surface area contributed by atoms with Crippen LogP contribution < -0.4 is 5.32 Å². The topological polar surface area (TPSA) is 77.1 Å². The zero-order valence-corrected chi connectivity index (χ0v) is 17.7. The van der Waals surface area contributed by atoms with E-state index in [1.165, 1.54) is 39.5 Å². The molecule has 1 aromatic carbocycles. The van der Waals surface area contributed by atoms with Crippen molar-refractivity contribution >= 4 is 33.5 Å². The van der Waals surface area contributed by atoms with Gasteiger partial charge in [0.15, 0.2) is 10.8 Å². The number of benzene rings is 1. The van der Waals surface area contributed by atoms with Crippen molar-refractivity contribution < 1.29 is 18.0 Å². The van der Waals surface area contributed by atoms with E-state index < -0.39 is 17.6 Å². The molecule has 5 aromatic rings. The number of hydrogen-bond donors (Lipinski definition) is 1. The normalized spacial score (nSPS) is 11.8. The van der Waals surface area contributed by atoms with Crippen molar-refractivity contribution in [2.75, 3.05) is 0 Å². The van der Waals surface area contributed by atoms with Gasteiger partial charge in [-0.25, -0.2) is 14.6 Å². The third-order valence-corrected chi connectivity index (χ3v) is 6.18. The monoisotopic (exact) mass is 474 g/mol. The van der Waals surface area contributed by atoms with E-state index >= 15 is 0 Å². The molecule has 0 saturated carbocycles. The maximum absolute atomic E-state index is 13.2. The average molecular weight is 474 g/mol. The number of imidazole rings is 1. The minimum atomic E-state index is -4.50. The Balaban J connectivity index is 1.46. The molecule has 4 heterocycles. The molecule has 0 spiro atoms. The molecule has 0 atom stereocenters. The van der Waals surface area contributed by atoms with Crippen molar-refractivity contribution in [2.45, 2.75) is 12.7 Å². The molecule has 0 aliphatic heterocycles. The molecule has 0 bridgehead atoms. The van der Waals surface area contributed by atoms with Crippen LogP contribution in [0.25, 0.3) is 21.3 Å². The number of rotatable bonds is 5. The fraction of sp³-hybridized carbons (Fsp3) is 0.100. The van der Waals surface area contributed by atoms with Crippen LogP contribution in [0.3, 0.4) is 0 Å². The van der Waals surface area contributed by atoms with E-state index in [9.17, 15) is 18.0 Å². The summed E-state index contributed by atoms with van der Waals surface area (Å²) in [4.78, 5) is 22.9. The van der Waals surface area contributed by atoms with Crippen LogP contribution in [0.1, 0.15) is 21.9 Å². The fourth-order valence-electron chi connectivity index (χ4n) is 3.08. The molecule has 7 nitrogen and oxygen atoms in total. The van der Waals surface area contributed by atoms with Crippen molar-refractivity contribution in [1.29, 1.82) is 0 Å². The van der Waals surface area contributed by atoms with Gasteiger partial charge in [-0.3, -0.25) is 9.20 Å². The fourth-order valence-corrected chi connectivity index (χ4v) is 4.50. The first-order chi connectivity index (χ1) is 15.4. The van der Waals surface area contributed by atoms with E-state index in [1.807, 2.05) is 21.4 Å². The Bertz CT molecular complexity index is 1370. The number of nitrogens with zero attached hydrogens (tertiary/aromatic N) is 5. The second kappa shape index (κ2) is 7.88. The lowest BCUT2D eigenvalue weighted by molar-refractivity contribution is -0.137. The number of fused-ring (bicyclic) bond motifs is 1. The molecular formula is C20H13F3N6OS2. The first-order valence-electron chi connectivity index (χ1n) is 9.26. The zero-order valence-electron chi connectivity index (χ0n) is 16.1. The molecular weight excluding hydrogens is 461 g/mol. The molecule has 0 saturated heterocycles. The summed E-state index contributed by atoms with van der Waals surface area (Å²) in [6, 6.07) is 8.29. The molecule has 0 aliphatic rings. The summed E-state index contributed by atoms with van der Waals surface area (Å²) in [5, 5.41) is 10.6. The van der Waals surface area contributed by atoms with E-state index in [4.69, 9.17) is 0 Å². The number of hydrogen-bond acceptors (Lipinski definition) is 6. The molecule has 162 valence electrons. The van der Waals surface area contributed by atoms with Crippen LogP contribution in [0.15, 0.2) is 59.6 Å². The predicted molar refractivity (Wildman–Crippen MR) is 114 cm³/mol. The van der Waals surface area contributed by atoms with E-state index in [2.05, 4.69) is 20.4 Å². The number of halogens is 3. The molecule has 4 aromatic heterocycles. The van der Waals surface area contributed by atoms with Gasteiger partial charge in [-0.2, -0.15) is 13.2 Å². The van der Waals surface area contributed by atoms with Gasteiger partial charge in [0, 0.05) is 17.8 Å². The summed E-state index contributed by atoms with van der Waals surface area (Å²) in [6.45, 7) is 0.166. The van der Waals surface area contributed by atoms with Gasteiger partial charge >= 0.3 is 6.18 Å². The SMILES string of the molecule is O=C(NCc1cn2ccsc2n1)c1nc(-c2cccs2)n(-c2cccc(C(F)(F)F)c2)n1. The summed E-state index contributed by atoms with van der Waals surface area (Å²) < 4.78 is 42.7. The quantitative estimate of drug-likeness (QED) is 0.402. The molecule has 0 aliphatic carbocycles. The van der Waals surface area contributed by atoms with Crippen LogP contribution in [0.2, 0.25) is 0 Å². The maximum atomic E-state index is 13.2. The van der Waals surface area contributed by atoms with Gasteiger partial charge in [0.05, 0.1) is 28.4 Å². The van der Waals surface area contributed by atoms with Crippen molar-refractivity contribution in [2.24, 2.45) is 0 Å². The van der Waals surface area contributed by atoms with Crippen molar-refractivity contribution in [1.82, 2.24) is 29.5 Å². The van der Waals surface area contributed by atoms with E-state index in [0.29, 0.717) is 10.6 Å². The van der Waals surface area contributed by atoms with Crippen LogP contribution >= 0.6 is 22.7 Å². The molecule has 1 amide bonds. The Morgan fingerprint density at radius 1 is 1.09 bits per heavy atom. The van der Waals surface area contributed by atoms with Crippen molar-refractivity contribution in [3.05, 3.63) is 76.6 Å². The van der Waals surface area contributed by atoms with Crippen LogP contribution in [-0.4, -0.2) is 30.1 Å². The summed E-state index contributed by atoms with van der Waals surface area (Å²) >= 11 is 2.82. The molecule has 5 rings (SSSR count). The number of amides is 1. The van der Waals surface area contributed by atoms with E-state index in [-0.39, 0.29) is 23.9 Å². The third-order valence-electron chi connectivity index (χ3n) is 4.54. The Hall–Kier alpha value is -3.51. The van der Waals surface area contributed by atoms with Gasteiger partial charge in [-0.15, -0.1) is 27.8 Å². The maximum Gasteiger partial charge on any atom is 0.416 e. The predicted octanol–water partition coefficient (Wildman–Crippen LogP) is 4.65. The Morgan fingerprint density at radius 3 is 2.72 bits per heavy atom. The Morgan fingerprint density at radius 2 is 1.97 bits per heavy atom. The molecule has 12 heteroatoms. The highest BCUT2D eigenvalue weighted by Crippen LogP contribution is 2.32. The van der Waals surface area contributed by atoms with Gasteiger partial charge in [0.1, 0.15) is 0 Å². The first-order valence-corrected chi connectivity index (χ1v) is 11.0. The lowest BCUT2D eigenvalue weighted by Crippen LogP contribution is -2.24. The van der Waals surface area contributed by atoms with Crippen LogP contribution in [0.5, 0.6) is 0 Å². The number of nitrogens with one attached hydrogen (secondary N) is 1. The summed E-state index contributed by atoms with van der Waals surface area (Å²) in [5.41, 5.74) is 0.0125. The first kappa shape index (κ1) is 20.4. The van der Waals surface area contributed by atoms with Crippen molar-refractivity contribution in [3.63, 3.8) is 0 Å². The molecule has 32 heavy (non-hydrogen) atoms. The van der Waals surface area contributed by atoms with Gasteiger partial charge in [0.25, 0.3) is 5.91 Å². The van der Waals surface area contributed by atoms with Crippen molar-refractivity contribution in [3.8, 4) is 16.4 Å². The number of thiazole rings is 1. The third kappa shape index (κ3) is 3.89. The number of aromatic nitrogens is 5. The number of alkyl halides is 3. The highest BCUT2D eigenvalue weighted by molar-refractivity contribution is 7.15. The summed E-state index contributed by atoms with van der Waals surface area (Å²) in [6.07, 6.45) is -0.833. The van der Waals surface area contributed by atoms with Crippen LogP contribution in [0.4, 0.5) is 13.2 Å². The number of thiophene rings is 1. The van der Waals surface area contributed by atoms with Crippen LogP contribution in [0, 0.1) is 0 Å². The van der Waals surface area contributed by atoms with E-state index in [1.54, 1.807) is 18.3 Å². The minimum Gasteiger partial charge on any atom is -0.344 e. The van der Waals surface area contributed by atoms with Gasteiger partial charge < -0.3 is 5.32 Å². The number of carbonyl (C=O) groups is 1. The molecule has 1 N–H and O–H groups in total. The standard InChI is InChI=1S/C20H13F3N6OS2/c21-20(22,23)12-3-1-4-14(9-12)29-17(15-5-2-7-31-15)26-16(27-29)18(30)24-10-13-11-28-6-8-32-19(28)25-13/h1-9,11H,10H2,(H,24,30). The van der Waals surface area contributed by atoms with Gasteiger partial charge in [0.2, 0.25) is 5.82 Å². The largest absolute Gasteiger partial charge is 0.416 e. The lowest BCUT2D eigenvalue weighted by atomic mass is 10.2. The average Bonchev–Trinajstić information content (AvgIpc) is 3.54. The summed E-state index contributed by atoms with van der Waals surface area (Å²) in [5.74, 6) is -0.413. The Kier molecular flexibility index (Phi) is 5.02. The summed E-state index contributed by atoms with van der Waals surface area (Å²) in [7, 11) is 0. The highest BCUT2D eigenvalue weighted by atomic mass is 32.1.